The highest BCUT2D eigenvalue weighted by Gasteiger charge is 2.16. The number of ether oxygens (including phenoxy) is 1. The van der Waals surface area contributed by atoms with Crippen molar-refractivity contribution in [2.24, 2.45) is 5.73 Å². The van der Waals surface area contributed by atoms with Gasteiger partial charge >= 0.3 is 0 Å². The van der Waals surface area contributed by atoms with E-state index < -0.39 is 5.82 Å². The largest absolute Gasteiger partial charge is 0.491 e. The minimum absolute atomic E-state index is 0.00412. The van der Waals surface area contributed by atoms with Crippen molar-refractivity contribution >= 4 is 22.5 Å². The minimum Gasteiger partial charge on any atom is -0.491 e. The zero-order chi connectivity index (χ0) is 19.6. The number of aromatic nitrogens is 4. The molecule has 142 valence electrons. The first-order chi connectivity index (χ1) is 12.9. The van der Waals surface area contributed by atoms with Crippen molar-refractivity contribution in [1.82, 2.24) is 25.1 Å². The molecule has 0 saturated carbocycles. The fourth-order valence-corrected chi connectivity index (χ4v) is 2.86. The summed E-state index contributed by atoms with van der Waals surface area (Å²) >= 11 is 0. The summed E-state index contributed by atoms with van der Waals surface area (Å²) in [6.07, 6.45) is 3.39. The SMILES string of the molecule is COc1c(F)ccc2c(/C(N)=C/NCc3ccnn3C(C)C)nc(N)nc12. The number of halogens is 1. The lowest BCUT2D eigenvalue weighted by molar-refractivity contribution is 0.391. The van der Waals surface area contributed by atoms with Crippen LogP contribution in [0.4, 0.5) is 10.3 Å². The maximum absolute atomic E-state index is 14.0. The number of nitrogen functional groups attached to an aromatic ring is 1. The molecule has 3 aromatic rings. The molecule has 0 saturated heterocycles. The molecule has 1 aromatic carbocycles. The smallest absolute Gasteiger partial charge is 0.221 e. The number of hydrogen-bond donors (Lipinski definition) is 3. The molecular weight excluding hydrogens is 349 g/mol. The Hall–Kier alpha value is -3.36. The maximum atomic E-state index is 14.0. The number of fused-ring (bicyclic) bond motifs is 1. The van der Waals surface area contributed by atoms with Crippen molar-refractivity contribution in [3.05, 3.63) is 47.8 Å². The molecular formula is C18H22FN7O. The number of nitrogens with zero attached hydrogens (tertiary/aromatic N) is 4. The van der Waals surface area contributed by atoms with Crippen molar-refractivity contribution < 1.29 is 9.13 Å². The van der Waals surface area contributed by atoms with E-state index in [9.17, 15) is 4.39 Å². The van der Waals surface area contributed by atoms with Gasteiger partial charge in [0, 0.05) is 23.8 Å². The van der Waals surface area contributed by atoms with E-state index in [2.05, 4.69) is 34.2 Å². The Morgan fingerprint density at radius 1 is 1.33 bits per heavy atom. The molecule has 0 bridgehead atoms. The molecule has 3 rings (SSSR count). The molecule has 0 fully saturated rings. The van der Waals surface area contributed by atoms with E-state index in [4.69, 9.17) is 16.2 Å². The van der Waals surface area contributed by atoms with Crippen molar-refractivity contribution in [2.75, 3.05) is 12.8 Å². The van der Waals surface area contributed by atoms with Gasteiger partial charge < -0.3 is 21.5 Å². The molecule has 0 aliphatic carbocycles. The highest BCUT2D eigenvalue weighted by atomic mass is 19.1. The number of methoxy groups -OCH3 is 1. The third kappa shape index (κ3) is 3.62. The molecule has 0 aliphatic rings. The zero-order valence-electron chi connectivity index (χ0n) is 15.4. The van der Waals surface area contributed by atoms with Crippen molar-refractivity contribution in [3.63, 3.8) is 0 Å². The van der Waals surface area contributed by atoms with Gasteiger partial charge in [-0.2, -0.15) is 5.10 Å². The number of hydrogen-bond acceptors (Lipinski definition) is 7. The van der Waals surface area contributed by atoms with Gasteiger partial charge in [0.2, 0.25) is 5.95 Å². The number of anilines is 1. The standard InChI is InChI=1S/C18H22FN7O/c1-10(2)26-11(6-7-23-26)8-22-9-14(20)15-12-4-5-13(19)17(27-3)16(12)25-18(21)24-15/h4-7,9-10,22H,8,20H2,1-3H3,(H2,21,24,25)/b14-9-. The summed E-state index contributed by atoms with van der Waals surface area (Å²) in [7, 11) is 1.37. The summed E-state index contributed by atoms with van der Waals surface area (Å²) in [6.45, 7) is 4.65. The van der Waals surface area contributed by atoms with Gasteiger partial charge in [0.1, 0.15) is 11.2 Å². The van der Waals surface area contributed by atoms with Gasteiger partial charge in [-0.15, -0.1) is 0 Å². The third-order valence-electron chi connectivity index (χ3n) is 4.05. The van der Waals surface area contributed by atoms with Gasteiger partial charge in [-0.3, -0.25) is 4.68 Å². The summed E-state index contributed by atoms with van der Waals surface area (Å²) in [4.78, 5) is 8.29. The van der Waals surface area contributed by atoms with E-state index in [0.717, 1.165) is 5.69 Å². The summed E-state index contributed by atoms with van der Waals surface area (Å²) in [5.74, 6) is -0.545. The van der Waals surface area contributed by atoms with Crippen molar-refractivity contribution in [1.29, 1.82) is 0 Å². The highest BCUT2D eigenvalue weighted by molar-refractivity contribution is 5.93. The fraction of sp³-hybridized carbons (Fsp3) is 0.278. The van der Waals surface area contributed by atoms with Crippen LogP contribution in [0.1, 0.15) is 31.3 Å². The average molecular weight is 371 g/mol. The lowest BCUT2D eigenvalue weighted by atomic mass is 10.1. The predicted molar refractivity (Wildman–Crippen MR) is 102 cm³/mol. The summed E-state index contributed by atoms with van der Waals surface area (Å²) in [5, 5.41) is 7.99. The quantitative estimate of drug-likeness (QED) is 0.608. The van der Waals surface area contributed by atoms with Crippen molar-refractivity contribution in [3.8, 4) is 5.75 Å². The molecule has 0 atom stereocenters. The number of nitrogens with one attached hydrogen (secondary N) is 1. The lowest BCUT2D eigenvalue weighted by Gasteiger charge is -2.12. The summed E-state index contributed by atoms with van der Waals surface area (Å²) < 4.78 is 21.0. The third-order valence-corrected chi connectivity index (χ3v) is 4.05. The minimum atomic E-state index is -0.531. The Bertz CT molecular complexity index is 997. The molecule has 0 aliphatic heterocycles. The second-order valence-corrected chi connectivity index (χ2v) is 6.25. The Balaban J connectivity index is 1.92. The predicted octanol–water partition coefficient (Wildman–Crippen LogP) is 2.18. The zero-order valence-corrected chi connectivity index (χ0v) is 15.4. The van der Waals surface area contributed by atoms with E-state index in [0.29, 0.717) is 23.3 Å². The van der Waals surface area contributed by atoms with Crippen molar-refractivity contribution in [2.45, 2.75) is 26.4 Å². The lowest BCUT2D eigenvalue weighted by Crippen LogP contribution is -2.15. The fourth-order valence-electron chi connectivity index (χ4n) is 2.86. The van der Waals surface area contributed by atoms with Gasteiger partial charge in [-0.25, -0.2) is 14.4 Å². The molecule has 0 radical (unpaired) electrons. The Morgan fingerprint density at radius 3 is 2.81 bits per heavy atom. The molecule has 8 nitrogen and oxygen atoms in total. The van der Waals surface area contributed by atoms with Gasteiger partial charge in [0.15, 0.2) is 11.6 Å². The first-order valence-corrected chi connectivity index (χ1v) is 8.43. The van der Waals surface area contributed by atoms with E-state index in [1.807, 2.05) is 10.7 Å². The summed E-state index contributed by atoms with van der Waals surface area (Å²) in [6, 6.07) is 5.02. The van der Waals surface area contributed by atoms with Crippen LogP contribution >= 0.6 is 0 Å². The van der Waals surface area contributed by atoms with Crippen LogP contribution in [0.3, 0.4) is 0 Å². The van der Waals surface area contributed by atoms with Gasteiger partial charge in [-0.05, 0) is 32.0 Å². The van der Waals surface area contributed by atoms with E-state index in [-0.39, 0.29) is 23.3 Å². The van der Waals surface area contributed by atoms with E-state index in [1.165, 1.54) is 13.2 Å². The van der Waals surface area contributed by atoms with Gasteiger partial charge in [0.25, 0.3) is 0 Å². The van der Waals surface area contributed by atoms with Crippen LogP contribution in [-0.2, 0) is 6.54 Å². The molecule has 0 unspecified atom stereocenters. The molecule has 5 N–H and O–H groups in total. The molecule has 0 amide bonds. The summed E-state index contributed by atoms with van der Waals surface area (Å²) in [5.41, 5.74) is 14.0. The molecule has 2 aromatic heterocycles. The second-order valence-electron chi connectivity index (χ2n) is 6.25. The van der Waals surface area contributed by atoms with Crippen LogP contribution in [0.25, 0.3) is 16.6 Å². The monoisotopic (exact) mass is 371 g/mol. The second kappa shape index (κ2) is 7.48. The molecule has 9 heteroatoms. The number of rotatable bonds is 6. The van der Waals surface area contributed by atoms with Gasteiger partial charge in [-0.1, -0.05) is 0 Å². The Labute approximate surface area is 156 Å². The Morgan fingerprint density at radius 2 is 2.11 bits per heavy atom. The normalized spacial score (nSPS) is 12.0. The first kappa shape index (κ1) is 18.4. The van der Waals surface area contributed by atoms with Crippen LogP contribution in [0.2, 0.25) is 0 Å². The van der Waals surface area contributed by atoms with Crippen LogP contribution in [0.5, 0.6) is 5.75 Å². The topological polar surface area (TPSA) is 117 Å². The molecule has 2 heterocycles. The maximum Gasteiger partial charge on any atom is 0.221 e. The Kier molecular flexibility index (Phi) is 5.11. The molecule has 0 spiro atoms. The first-order valence-electron chi connectivity index (χ1n) is 8.43. The van der Waals surface area contributed by atoms with Crippen LogP contribution in [0, 0.1) is 5.82 Å². The van der Waals surface area contributed by atoms with Gasteiger partial charge in [0.05, 0.1) is 25.0 Å². The molecule has 27 heavy (non-hydrogen) atoms. The highest BCUT2D eigenvalue weighted by Crippen LogP contribution is 2.30. The number of nitrogens with two attached hydrogens (primary N) is 2. The van der Waals surface area contributed by atoms with Crippen LogP contribution < -0.4 is 21.5 Å². The van der Waals surface area contributed by atoms with Crippen LogP contribution in [0.15, 0.2) is 30.6 Å². The van der Waals surface area contributed by atoms with E-state index >= 15 is 0 Å². The average Bonchev–Trinajstić information content (AvgIpc) is 3.09. The number of benzene rings is 1. The van der Waals surface area contributed by atoms with E-state index in [1.54, 1.807) is 18.5 Å². The van der Waals surface area contributed by atoms with Crippen LogP contribution in [-0.4, -0.2) is 26.9 Å².